The number of hydrogen-bond acceptors (Lipinski definition) is 6. The van der Waals surface area contributed by atoms with Crippen LogP contribution in [0.25, 0.3) is 0 Å². The van der Waals surface area contributed by atoms with Gasteiger partial charge < -0.3 is 14.2 Å². The molecule has 0 saturated carbocycles. The summed E-state index contributed by atoms with van der Waals surface area (Å²) in [5, 5.41) is 0. The summed E-state index contributed by atoms with van der Waals surface area (Å²) in [5.74, 6) is -1.05. The number of esters is 3. The first-order valence-corrected chi connectivity index (χ1v) is 28.2. The minimum Gasteiger partial charge on any atom is -0.462 e. The Kier molecular flexibility index (Phi) is 52.9. The van der Waals surface area contributed by atoms with Gasteiger partial charge in [0.2, 0.25) is 0 Å². The Morgan fingerprint density at radius 1 is 0.324 bits per heavy atom. The molecule has 0 heterocycles. The zero-order chi connectivity index (χ0) is 49.3. The molecule has 0 aromatic carbocycles. The van der Waals surface area contributed by atoms with Crippen molar-refractivity contribution in [1.82, 2.24) is 0 Å². The molecule has 0 aliphatic heterocycles. The molecule has 0 bridgehead atoms. The molecule has 0 saturated heterocycles. The summed E-state index contributed by atoms with van der Waals surface area (Å²) in [6, 6.07) is 0. The summed E-state index contributed by atoms with van der Waals surface area (Å²) in [4.78, 5) is 38.1. The van der Waals surface area contributed by atoms with Gasteiger partial charge in [-0.15, -0.1) is 0 Å². The van der Waals surface area contributed by atoms with E-state index < -0.39 is 12.1 Å². The van der Waals surface area contributed by atoms with Gasteiger partial charge >= 0.3 is 17.9 Å². The first-order chi connectivity index (χ1) is 33.5. The van der Waals surface area contributed by atoms with E-state index in [0.29, 0.717) is 12.8 Å². The molecule has 0 rings (SSSR count). The van der Waals surface area contributed by atoms with Crippen molar-refractivity contribution in [2.24, 2.45) is 0 Å². The van der Waals surface area contributed by atoms with Gasteiger partial charge in [0.1, 0.15) is 13.2 Å². The largest absolute Gasteiger partial charge is 0.462 e. The van der Waals surface area contributed by atoms with Crippen LogP contribution in [0.5, 0.6) is 0 Å². The van der Waals surface area contributed by atoms with Crippen LogP contribution in [0.15, 0.2) is 97.2 Å². The van der Waals surface area contributed by atoms with Crippen molar-refractivity contribution in [2.45, 2.75) is 264 Å². The molecule has 0 amide bonds. The van der Waals surface area contributed by atoms with E-state index in [0.717, 1.165) is 96.3 Å². The van der Waals surface area contributed by atoms with E-state index >= 15 is 0 Å². The Morgan fingerprint density at radius 2 is 0.632 bits per heavy atom. The van der Waals surface area contributed by atoms with Crippen molar-refractivity contribution in [2.75, 3.05) is 13.2 Å². The van der Waals surface area contributed by atoms with Crippen molar-refractivity contribution < 1.29 is 28.6 Å². The zero-order valence-corrected chi connectivity index (χ0v) is 44.3. The summed E-state index contributed by atoms with van der Waals surface area (Å²) in [6.45, 7) is 6.41. The molecule has 68 heavy (non-hydrogen) atoms. The van der Waals surface area contributed by atoms with Crippen LogP contribution in [0, 0.1) is 0 Å². The highest BCUT2D eigenvalue weighted by molar-refractivity contribution is 5.72. The molecule has 0 fully saturated rings. The summed E-state index contributed by atoms with van der Waals surface area (Å²) in [5.41, 5.74) is 0. The molecule has 6 heteroatoms. The fourth-order valence-corrected chi connectivity index (χ4v) is 7.64. The van der Waals surface area contributed by atoms with Gasteiger partial charge in [-0.05, 0) is 83.5 Å². The zero-order valence-electron chi connectivity index (χ0n) is 44.3. The van der Waals surface area contributed by atoms with Gasteiger partial charge in [-0.3, -0.25) is 14.4 Å². The topological polar surface area (TPSA) is 78.9 Å². The Bertz CT molecular complexity index is 1360. The van der Waals surface area contributed by atoms with Gasteiger partial charge in [0, 0.05) is 12.8 Å². The minimum atomic E-state index is -0.822. The molecular formula is C62H104O6. The summed E-state index contributed by atoms with van der Waals surface area (Å²) in [7, 11) is 0. The lowest BCUT2D eigenvalue weighted by molar-refractivity contribution is -0.166. The summed E-state index contributed by atoms with van der Waals surface area (Å²) < 4.78 is 16.7. The Balaban J connectivity index is 4.50. The number of rotatable bonds is 50. The molecular weight excluding hydrogens is 841 g/mol. The Labute approximate surface area is 419 Å². The molecule has 0 radical (unpaired) electrons. The van der Waals surface area contributed by atoms with Gasteiger partial charge in [0.15, 0.2) is 6.10 Å². The van der Waals surface area contributed by atoms with Crippen LogP contribution in [-0.4, -0.2) is 37.2 Å². The van der Waals surface area contributed by atoms with Crippen LogP contribution in [0.2, 0.25) is 0 Å². The smallest absolute Gasteiger partial charge is 0.309 e. The number of hydrogen-bond donors (Lipinski definition) is 0. The lowest BCUT2D eigenvalue weighted by atomic mass is 10.0. The molecule has 1 unspecified atom stereocenters. The highest BCUT2D eigenvalue weighted by Crippen LogP contribution is 2.15. The van der Waals surface area contributed by atoms with E-state index in [9.17, 15) is 14.4 Å². The van der Waals surface area contributed by atoms with Crippen molar-refractivity contribution >= 4 is 17.9 Å². The molecule has 0 aliphatic carbocycles. The van der Waals surface area contributed by atoms with Gasteiger partial charge in [-0.1, -0.05) is 253 Å². The highest BCUT2D eigenvalue weighted by Gasteiger charge is 2.19. The van der Waals surface area contributed by atoms with Gasteiger partial charge in [0.25, 0.3) is 0 Å². The normalized spacial score (nSPS) is 12.8. The number of carbonyl (C=O) groups is 3. The van der Waals surface area contributed by atoms with E-state index in [2.05, 4.69) is 106 Å². The fraction of sp³-hybridized carbons (Fsp3) is 0.694. The second-order valence-electron chi connectivity index (χ2n) is 18.5. The maximum Gasteiger partial charge on any atom is 0.309 e. The lowest BCUT2D eigenvalue weighted by Gasteiger charge is -2.18. The molecule has 388 valence electrons. The third-order valence-electron chi connectivity index (χ3n) is 11.9. The average molecular weight is 946 g/mol. The second-order valence-corrected chi connectivity index (χ2v) is 18.5. The third-order valence-corrected chi connectivity index (χ3v) is 11.9. The van der Waals surface area contributed by atoms with Crippen LogP contribution in [0.1, 0.15) is 258 Å². The van der Waals surface area contributed by atoms with Gasteiger partial charge in [-0.2, -0.15) is 0 Å². The van der Waals surface area contributed by atoms with E-state index in [1.165, 1.54) is 122 Å². The predicted molar refractivity (Wildman–Crippen MR) is 293 cm³/mol. The lowest BCUT2D eigenvalue weighted by Crippen LogP contribution is -2.30. The van der Waals surface area contributed by atoms with E-state index in [4.69, 9.17) is 14.2 Å². The van der Waals surface area contributed by atoms with E-state index in [-0.39, 0.29) is 31.6 Å². The van der Waals surface area contributed by atoms with Crippen molar-refractivity contribution in [1.29, 1.82) is 0 Å². The highest BCUT2D eigenvalue weighted by atomic mass is 16.6. The number of ether oxygens (including phenoxy) is 3. The quantitative estimate of drug-likeness (QED) is 0.0262. The predicted octanol–water partition coefficient (Wildman–Crippen LogP) is 18.9. The van der Waals surface area contributed by atoms with Crippen LogP contribution < -0.4 is 0 Å². The van der Waals surface area contributed by atoms with E-state index in [1.54, 1.807) is 6.08 Å². The van der Waals surface area contributed by atoms with Crippen LogP contribution in [0.3, 0.4) is 0 Å². The maximum atomic E-state index is 12.8. The summed E-state index contributed by atoms with van der Waals surface area (Å²) >= 11 is 0. The van der Waals surface area contributed by atoms with Gasteiger partial charge in [-0.25, -0.2) is 0 Å². The molecule has 0 aromatic rings. The van der Waals surface area contributed by atoms with Crippen molar-refractivity contribution in [3.05, 3.63) is 97.2 Å². The fourth-order valence-electron chi connectivity index (χ4n) is 7.64. The first-order valence-electron chi connectivity index (χ1n) is 28.2. The van der Waals surface area contributed by atoms with E-state index in [1.807, 2.05) is 6.08 Å². The van der Waals surface area contributed by atoms with Crippen molar-refractivity contribution in [3.63, 3.8) is 0 Å². The molecule has 0 spiro atoms. The minimum absolute atomic E-state index is 0.113. The SMILES string of the molecule is CC/C=C\C/C=C\C/C=C\C/C=C\C/C=C\CC(=O)OCC(COC(=O)CCCCCCCC/C=C\C/C=C\C/C=C\CCCCC)OC(=O)CCCCCCCCCCCCCCCCCC. The molecule has 0 aromatic heterocycles. The van der Waals surface area contributed by atoms with Crippen LogP contribution in [-0.2, 0) is 28.6 Å². The third kappa shape index (κ3) is 53.3. The Morgan fingerprint density at radius 3 is 1.06 bits per heavy atom. The molecule has 0 aliphatic rings. The standard InChI is InChI=1S/C62H104O6/c1-4-7-10-13-16-19-22-25-28-30-31-32-35-37-40-43-46-49-52-55-61(64)67-58-59(57-66-60(63)54-51-48-45-42-39-36-33-27-24-21-18-15-12-9-6-3)68-62(65)56-53-50-47-44-41-38-34-29-26-23-20-17-14-11-8-5-2/h9,12,16,18-19,21,25,27-28,31-33,39,42,48,51,59H,4-8,10-11,13-15,17,20,22-24,26,29-30,34-38,40-41,43-47,49-50,52-58H2,1-3H3/b12-9-,19-16-,21-18-,28-25-,32-31-,33-27-,42-39-,51-48-. The van der Waals surface area contributed by atoms with Crippen molar-refractivity contribution in [3.8, 4) is 0 Å². The monoisotopic (exact) mass is 945 g/mol. The number of allylic oxidation sites excluding steroid dienone is 15. The molecule has 0 N–H and O–H groups in total. The second kappa shape index (κ2) is 55.9. The van der Waals surface area contributed by atoms with Crippen LogP contribution >= 0.6 is 0 Å². The maximum absolute atomic E-state index is 12.8. The number of carbonyl (C=O) groups excluding carboxylic acids is 3. The number of unbranched alkanes of at least 4 members (excludes halogenated alkanes) is 24. The molecule has 1 atom stereocenters. The Hall–Kier alpha value is -3.67. The average Bonchev–Trinajstić information content (AvgIpc) is 3.34. The van der Waals surface area contributed by atoms with Crippen LogP contribution in [0.4, 0.5) is 0 Å². The summed E-state index contributed by atoms with van der Waals surface area (Å²) in [6.07, 6.45) is 74.2. The first kappa shape index (κ1) is 64.3. The molecule has 6 nitrogen and oxygen atoms in total. The van der Waals surface area contributed by atoms with Gasteiger partial charge in [0.05, 0.1) is 6.42 Å².